The van der Waals surface area contributed by atoms with Gasteiger partial charge in [-0.05, 0) is 55.0 Å². The van der Waals surface area contributed by atoms with Gasteiger partial charge in [-0.1, -0.05) is 30.3 Å². The van der Waals surface area contributed by atoms with E-state index in [4.69, 9.17) is 12.2 Å². The van der Waals surface area contributed by atoms with Gasteiger partial charge >= 0.3 is 0 Å². The molecule has 4 nitrogen and oxygen atoms in total. The Morgan fingerprint density at radius 1 is 1.15 bits per heavy atom. The van der Waals surface area contributed by atoms with E-state index in [-0.39, 0.29) is 5.82 Å². The summed E-state index contributed by atoms with van der Waals surface area (Å²) in [6.07, 6.45) is 3.54. The highest BCUT2D eigenvalue weighted by Crippen LogP contribution is 2.11. The molecular formula is C20H19FN4S. The molecule has 132 valence electrons. The predicted molar refractivity (Wildman–Crippen MR) is 108 cm³/mol. The van der Waals surface area contributed by atoms with Crippen LogP contribution in [0.15, 0.2) is 72.0 Å². The zero-order chi connectivity index (χ0) is 18.4. The highest BCUT2D eigenvalue weighted by Gasteiger charge is 2.04. The molecule has 2 N–H and O–H groups in total. The largest absolute Gasteiger partial charge is 0.342 e. The monoisotopic (exact) mass is 366 g/mol. The Balaban J connectivity index is 1.60. The lowest BCUT2D eigenvalue weighted by Gasteiger charge is -2.09. The molecule has 3 rings (SSSR count). The summed E-state index contributed by atoms with van der Waals surface area (Å²) in [6.45, 7) is 2.45. The van der Waals surface area contributed by atoms with E-state index in [2.05, 4.69) is 15.8 Å². The highest BCUT2D eigenvalue weighted by atomic mass is 32.1. The van der Waals surface area contributed by atoms with Crippen LogP contribution in [0.25, 0.3) is 0 Å². The third-order valence-electron chi connectivity index (χ3n) is 3.80. The minimum atomic E-state index is -0.217. The summed E-state index contributed by atoms with van der Waals surface area (Å²) in [5.74, 6) is -0.217. The Labute approximate surface area is 157 Å². The van der Waals surface area contributed by atoms with Gasteiger partial charge in [-0.2, -0.15) is 5.10 Å². The summed E-state index contributed by atoms with van der Waals surface area (Å²) in [7, 11) is 0. The Morgan fingerprint density at radius 3 is 2.81 bits per heavy atom. The normalized spacial score (nSPS) is 10.8. The van der Waals surface area contributed by atoms with Crippen molar-refractivity contribution in [1.82, 2.24) is 9.99 Å². The van der Waals surface area contributed by atoms with E-state index in [0.29, 0.717) is 17.2 Å². The van der Waals surface area contributed by atoms with Crippen molar-refractivity contribution in [3.8, 4) is 0 Å². The molecule has 0 saturated carbocycles. The summed E-state index contributed by atoms with van der Waals surface area (Å²) in [5, 5.41) is 7.64. The van der Waals surface area contributed by atoms with Crippen molar-refractivity contribution < 1.29 is 4.39 Å². The molecule has 1 aromatic heterocycles. The van der Waals surface area contributed by atoms with Crippen LogP contribution in [-0.2, 0) is 6.54 Å². The molecule has 0 aliphatic heterocycles. The second-order valence-electron chi connectivity index (χ2n) is 5.85. The number of aromatic nitrogens is 1. The molecule has 3 aromatic rings. The molecule has 6 heteroatoms. The number of benzene rings is 2. The van der Waals surface area contributed by atoms with Crippen molar-refractivity contribution >= 4 is 29.2 Å². The topological polar surface area (TPSA) is 41.4 Å². The Morgan fingerprint density at radius 2 is 2.00 bits per heavy atom. The van der Waals surface area contributed by atoms with E-state index < -0.39 is 0 Å². The molecule has 0 atom stereocenters. The lowest BCUT2D eigenvalue weighted by Crippen LogP contribution is -2.24. The van der Waals surface area contributed by atoms with Gasteiger partial charge in [0.25, 0.3) is 0 Å². The van der Waals surface area contributed by atoms with E-state index in [1.54, 1.807) is 18.3 Å². The Bertz CT molecular complexity index is 933. The standard InChI is InChI=1S/C20H19FN4S/c1-15-6-4-8-17(12-15)23-20(26)24-22-13-18-9-5-11-25(18)14-16-7-2-3-10-19(16)21/h2-13H,14H2,1H3,(H2,23,24,26)/b22-13+. The van der Waals surface area contributed by atoms with Crippen molar-refractivity contribution in [3.05, 3.63) is 89.5 Å². The van der Waals surface area contributed by atoms with Gasteiger partial charge in [0.15, 0.2) is 5.11 Å². The third-order valence-corrected chi connectivity index (χ3v) is 4.00. The van der Waals surface area contributed by atoms with Gasteiger partial charge in [0.2, 0.25) is 0 Å². The van der Waals surface area contributed by atoms with Crippen LogP contribution in [0.1, 0.15) is 16.8 Å². The van der Waals surface area contributed by atoms with E-state index in [0.717, 1.165) is 16.9 Å². The van der Waals surface area contributed by atoms with Crippen LogP contribution in [0.5, 0.6) is 0 Å². The first-order chi connectivity index (χ1) is 12.6. The summed E-state index contributed by atoms with van der Waals surface area (Å²) >= 11 is 5.24. The SMILES string of the molecule is Cc1cccc(NC(=S)N/N=C/c2cccn2Cc2ccccc2F)c1. The number of aryl methyl sites for hydroxylation is 1. The van der Waals surface area contributed by atoms with Crippen molar-refractivity contribution in [2.45, 2.75) is 13.5 Å². The maximum Gasteiger partial charge on any atom is 0.191 e. The van der Waals surface area contributed by atoms with Crippen molar-refractivity contribution in [2.75, 3.05) is 5.32 Å². The first kappa shape index (κ1) is 17.8. The molecule has 0 spiro atoms. The van der Waals surface area contributed by atoms with Gasteiger partial charge < -0.3 is 9.88 Å². The number of hydrazone groups is 1. The van der Waals surface area contributed by atoms with Crippen LogP contribution in [0.2, 0.25) is 0 Å². The molecule has 2 aromatic carbocycles. The smallest absolute Gasteiger partial charge is 0.191 e. The molecule has 1 heterocycles. The second-order valence-corrected chi connectivity index (χ2v) is 6.25. The molecule has 0 aliphatic carbocycles. The maximum atomic E-state index is 13.8. The van der Waals surface area contributed by atoms with E-state index in [1.165, 1.54) is 6.07 Å². The number of thiocarbonyl (C=S) groups is 1. The number of anilines is 1. The number of hydrogen-bond donors (Lipinski definition) is 2. The Kier molecular flexibility index (Phi) is 5.76. The first-order valence-electron chi connectivity index (χ1n) is 8.17. The van der Waals surface area contributed by atoms with Crippen LogP contribution in [0.4, 0.5) is 10.1 Å². The summed E-state index contributed by atoms with van der Waals surface area (Å²) in [6, 6.07) is 18.5. The van der Waals surface area contributed by atoms with Gasteiger partial charge in [0.1, 0.15) is 5.82 Å². The van der Waals surface area contributed by atoms with Crippen molar-refractivity contribution in [2.24, 2.45) is 5.10 Å². The van der Waals surface area contributed by atoms with Crippen LogP contribution < -0.4 is 10.7 Å². The quantitative estimate of drug-likeness (QED) is 0.402. The average Bonchev–Trinajstić information content (AvgIpc) is 3.04. The zero-order valence-electron chi connectivity index (χ0n) is 14.3. The molecule has 0 radical (unpaired) electrons. The average molecular weight is 366 g/mol. The summed E-state index contributed by atoms with van der Waals surface area (Å²) in [5.41, 5.74) is 6.32. The lowest BCUT2D eigenvalue weighted by molar-refractivity contribution is 0.599. The number of halogens is 1. The molecule has 26 heavy (non-hydrogen) atoms. The number of nitrogens with one attached hydrogen (secondary N) is 2. The minimum Gasteiger partial charge on any atom is -0.342 e. The summed E-state index contributed by atoms with van der Waals surface area (Å²) in [4.78, 5) is 0. The van der Waals surface area contributed by atoms with Crippen LogP contribution in [-0.4, -0.2) is 15.9 Å². The lowest BCUT2D eigenvalue weighted by atomic mass is 10.2. The first-order valence-corrected chi connectivity index (χ1v) is 8.58. The molecule has 0 fully saturated rings. The van der Waals surface area contributed by atoms with Crippen LogP contribution in [0, 0.1) is 12.7 Å². The van der Waals surface area contributed by atoms with Crippen molar-refractivity contribution in [3.63, 3.8) is 0 Å². The number of rotatable bonds is 5. The molecule has 0 unspecified atom stereocenters. The van der Waals surface area contributed by atoms with E-state index in [1.807, 2.05) is 60.2 Å². The number of hydrogen-bond acceptors (Lipinski definition) is 2. The Hall–Kier alpha value is -2.99. The zero-order valence-corrected chi connectivity index (χ0v) is 15.1. The van der Waals surface area contributed by atoms with Gasteiger partial charge in [0.05, 0.1) is 18.5 Å². The molecule has 0 amide bonds. The fourth-order valence-corrected chi connectivity index (χ4v) is 2.71. The molecule has 0 bridgehead atoms. The van der Waals surface area contributed by atoms with E-state index in [9.17, 15) is 4.39 Å². The molecule has 0 saturated heterocycles. The molecule has 0 aliphatic rings. The third kappa shape index (κ3) is 4.77. The van der Waals surface area contributed by atoms with E-state index >= 15 is 0 Å². The van der Waals surface area contributed by atoms with Crippen LogP contribution >= 0.6 is 12.2 Å². The number of nitrogens with zero attached hydrogens (tertiary/aromatic N) is 2. The van der Waals surface area contributed by atoms with Gasteiger partial charge in [-0.25, -0.2) is 4.39 Å². The predicted octanol–water partition coefficient (Wildman–Crippen LogP) is 4.30. The minimum absolute atomic E-state index is 0.217. The second kappa shape index (κ2) is 8.40. The fourth-order valence-electron chi connectivity index (χ4n) is 2.54. The molecular weight excluding hydrogens is 347 g/mol. The van der Waals surface area contributed by atoms with Gasteiger partial charge in [0, 0.05) is 17.4 Å². The summed E-state index contributed by atoms with van der Waals surface area (Å²) < 4.78 is 15.7. The van der Waals surface area contributed by atoms with Gasteiger partial charge in [-0.15, -0.1) is 0 Å². The van der Waals surface area contributed by atoms with Crippen LogP contribution in [0.3, 0.4) is 0 Å². The maximum absolute atomic E-state index is 13.8. The highest BCUT2D eigenvalue weighted by molar-refractivity contribution is 7.80. The van der Waals surface area contributed by atoms with Crippen molar-refractivity contribution in [1.29, 1.82) is 0 Å². The fraction of sp³-hybridized carbons (Fsp3) is 0.100. The van der Waals surface area contributed by atoms with Gasteiger partial charge in [-0.3, -0.25) is 5.43 Å².